The van der Waals surface area contributed by atoms with Crippen molar-refractivity contribution in [2.45, 2.75) is 103 Å². The van der Waals surface area contributed by atoms with E-state index in [4.69, 9.17) is 11.5 Å². The molecule has 29 heavy (non-hydrogen) atoms. The van der Waals surface area contributed by atoms with Crippen LogP contribution in [0.5, 0.6) is 0 Å². The highest BCUT2D eigenvalue weighted by Gasteiger charge is 2.36. The van der Waals surface area contributed by atoms with Crippen molar-refractivity contribution in [1.82, 2.24) is 0 Å². The highest BCUT2D eigenvalue weighted by Crippen LogP contribution is 2.36. The molecule has 2 unspecified atom stereocenters. The molecular formula is C26H47N3. The van der Waals surface area contributed by atoms with Crippen LogP contribution in [0.3, 0.4) is 0 Å². The minimum atomic E-state index is -0.0962. The largest absolute Gasteiger partial charge is 0.399 e. The summed E-state index contributed by atoms with van der Waals surface area (Å²) in [7, 11) is 0. The predicted molar refractivity (Wildman–Crippen MR) is 129 cm³/mol. The van der Waals surface area contributed by atoms with Crippen LogP contribution in [-0.2, 0) is 0 Å². The second-order valence-corrected chi connectivity index (χ2v) is 9.98. The van der Waals surface area contributed by atoms with Crippen molar-refractivity contribution in [2.75, 3.05) is 23.7 Å². The first-order valence-electron chi connectivity index (χ1n) is 12.3. The SMILES string of the molecule is CCCCCCCCCCCCC(C1CCN(c2ccc(N)cc2)C1)C(C)(C)N. The molecule has 166 valence electrons. The number of nitrogen functional groups attached to an aromatic ring is 1. The van der Waals surface area contributed by atoms with Crippen molar-refractivity contribution in [2.24, 2.45) is 17.6 Å². The number of benzene rings is 1. The molecule has 0 bridgehead atoms. The third kappa shape index (κ3) is 8.58. The van der Waals surface area contributed by atoms with Crippen LogP contribution in [0.25, 0.3) is 0 Å². The van der Waals surface area contributed by atoms with Gasteiger partial charge in [-0.3, -0.25) is 0 Å². The molecule has 1 fully saturated rings. The van der Waals surface area contributed by atoms with Crippen LogP contribution < -0.4 is 16.4 Å². The fraction of sp³-hybridized carbons (Fsp3) is 0.769. The molecule has 1 aliphatic rings. The summed E-state index contributed by atoms with van der Waals surface area (Å²) >= 11 is 0. The molecule has 2 atom stereocenters. The summed E-state index contributed by atoms with van der Waals surface area (Å²) in [4.78, 5) is 2.52. The summed E-state index contributed by atoms with van der Waals surface area (Å²) in [5, 5.41) is 0. The summed E-state index contributed by atoms with van der Waals surface area (Å²) in [5.74, 6) is 1.31. The average Bonchev–Trinajstić information content (AvgIpc) is 3.15. The Labute approximate surface area is 180 Å². The zero-order valence-corrected chi connectivity index (χ0v) is 19.5. The first-order chi connectivity index (χ1) is 13.9. The molecule has 0 spiro atoms. The van der Waals surface area contributed by atoms with Crippen molar-refractivity contribution < 1.29 is 0 Å². The highest BCUT2D eigenvalue weighted by atomic mass is 15.2. The molecule has 2 rings (SSSR count). The lowest BCUT2D eigenvalue weighted by molar-refractivity contribution is 0.210. The van der Waals surface area contributed by atoms with Crippen LogP contribution in [0, 0.1) is 11.8 Å². The van der Waals surface area contributed by atoms with E-state index in [2.05, 4.69) is 37.8 Å². The third-order valence-corrected chi connectivity index (χ3v) is 6.88. The van der Waals surface area contributed by atoms with Gasteiger partial charge in [0.1, 0.15) is 0 Å². The first kappa shape index (κ1) is 24.1. The predicted octanol–water partition coefficient (Wildman–Crippen LogP) is 6.76. The van der Waals surface area contributed by atoms with E-state index in [0.717, 1.165) is 18.8 Å². The first-order valence-corrected chi connectivity index (χ1v) is 12.3. The Morgan fingerprint density at radius 3 is 2.03 bits per heavy atom. The fourth-order valence-corrected chi connectivity index (χ4v) is 5.10. The van der Waals surface area contributed by atoms with Crippen LogP contribution >= 0.6 is 0 Å². The molecule has 4 N–H and O–H groups in total. The average molecular weight is 402 g/mol. The second kappa shape index (κ2) is 12.5. The molecule has 1 aromatic carbocycles. The quantitative estimate of drug-likeness (QED) is 0.267. The number of nitrogens with zero attached hydrogens (tertiary/aromatic N) is 1. The number of rotatable bonds is 14. The number of unbranched alkanes of at least 4 members (excludes halogenated alkanes) is 9. The maximum absolute atomic E-state index is 6.65. The lowest BCUT2D eigenvalue weighted by atomic mass is 9.75. The summed E-state index contributed by atoms with van der Waals surface area (Å²) in [6.45, 7) is 9.03. The van der Waals surface area contributed by atoms with E-state index >= 15 is 0 Å². The van der Waals surface area contributed by atoms with Gasteiger partial charge in [-0.1, -0.05) is 71.1 Å². The van der Waals surface area contributed by atoms with Crippen molar-refractivity contribution >= 4 is 11.4 Å². The van der Waals surface area contributed by atoms with Gasteiger partial charge < -0.3 is 16.4 Å². The van der Waals surface area contributed by atoms with E-state index in [1.807, 2.05) is 12.1 Å². The topological polar surface area (TPSA) is 55.3 Å². The van der Waals surface area contributed by atoms with Crippen LogP contribution in [0.2, 0.25) is 0 Å². The number of hydrogen-bond acceptors (Lipinski definition) is 3. The van der Waals surface area contributed by atoms with Crippen molar-refractivity contribution in [3.63, 3.8) is 0 Å². The van der Waals surface area contributed by atoms with Gasteiger partial charge in [0, 0.05) is 30.0 Å². The van der Waals surface area contributed by atoms with Gasteiger partial charge in [-0.2, -0.15) is 0 Å². The Morgan fingerprint density at radius 1 is 0.931 bits per heavy atom. The molecule has 1 saturated heterocycles. The summed E-state index contributed by atoms with van der Waals surface area (Å²) in [5.41, 5.74) is 14.5. The molecule has 0 radical (unpaired) electrons. The van der Waals surface area contributed by atoms with Gasteiger partial charge in [0.25, 0.3) is 0 Å². The van der Waals surface area contributed by atoms with Crippen molar-refractivity contribution in [3.05, 3.63) is 24.3 Å². The van der Waals surface area contributed by atoms with Gasteiger partial charge in [-0.05, 0) is 62.8 Å². The van der Waals surface area contributed by atoms with E-state index in [1.165, 1.54) is 82.7 Å². The smallest absolute Gasteiger partial charge is 0.0367 e. The van der Waals surface area contributed by atoms with Gasteiger partial charge in [-0.15, -0.1) is 0 Å². The van der Waals surface area contributed by atoms with Gasteiger partial charge >= 0.3 is 0 Å². The molecule has 3 heteroatoms. The van der Waals surface area contributed by atoms with Gasteiger partial charge in [0.2, 0.25) is 0 Å². The minimum absolute atomic E-state index is 0.0962. The molecule has 1 heterocycles. The van der Waals surface area contributed by atoms with E-state index in [9.17, 15) is 0 Å². The standard InChI is InChI=1S/C26H47N3/c1-4-5-6-7-8-9-10-11-12-13-14-25(26(2,3)28)22-19-20-29(21-22)24-17-15-23(27)16-18-24/h15-18,22,25H,4-14,19-21,27-28H2,1-3H3. The second-order valence-electron chi connectivity index (χ2n) is 9.98. The van der Waals surface area contributed by atoms with E-state index in [-0.39, 0.29) is 5.54 Å². The van der Waals surface area contributed by atoms with Gasteiger partial charge in [0.15, 0.2) is 0 Å². The molecule has 1 aromatic rings. The Balaban J connectivity index is 1.70. The minimum Gasteiger partial charge on any atom is -0.399 e. The Bertz CT molecular complexity index is 546. The summed E-state index contributed by atoms with van der Waals surface area (Å²) < 4.78 is 0. The molecule has 0 saturated carbocycles. The van der Waals surface area contributed by atoms with Gasteiger partial charge in [0.05, 0.1) is 0 Å². The zero-order chi connectivity index (χ0) is 21.1. The monoisotopic (exact) mass is 401 g/mol. The van der Waals surface area contributed by atoms with Crippen LogP contribution in [-0.4, -0.2) is 18.6 Å². The molecule has 0 aliphatic carbocycles. The molecule has 3 nitrogen and oxygen atoms in total. The van der Waals surface area contributed by atoms with Gasteiger partial charge in [-0.25, -0.2) is 0 Å². The molecule has 0 aromatic heterocycles. The Kier molecular flexibility index (Phi) is 10.3. The van der Waals surface area contributed by atoms with E-state index < -0.39 is 0 Å². The fourth-order valence-electron chi connectivity index (χ4n) is 5.10. The maximum atomic E-state index is 6.65. The lowest BCUT2D eigenvalue weighted by Gasteiger charge is -2.35. The zero-order valence-electron chi connectivity index (χ0n) is 19.5. The van der Waals surface area contributed by atoms with E-state index in [1.54, 1.807) is 0 Å². The van der Waals surface area contributed by atoms with Crippen LogP contribution in [0.1, 0.15) is 97.8 Å². The Hall–Kier alpha value is -1.22. The van der Waals surface area contributed by atoms with Crippen LogP contribution in [0.15, 0.2) is 24.3 Å². The number of anilines is 2. The molecule has 1 aliphatic heterocycles. The third-order valence-electron chi connectivity index (χ3n) is 6.88. The normalized spacial score (nSPS) is 18.3. The van der Waals surface area contributed by atoms with E-state index in [0.29, 0.717) is 11.8 Å². The Morgan fingerprint density at radius 2 is 1.48 bits per heavy atom. The van der Waals surface area contributed by atoms with Crippen LogP contribution in [0.4, 0.5) is 11.4 Å². The summed E-state index contributed by atoms with van der Waals surface area (Å²) in [6.07, 6.45) is 16.5. The lowest BCUT2D eigenvalue weighted by Crippen LogP contribution is -2.45. The number of nitrogens with two attached hydrogens (primary N) is 2. The van der Waals surface area contributed by atoms with Crippen molar-refractivity contribution in [1.29, 1.82) is 0 Å². The van der Waals surface area contributed by atoms with Crippen molar-refractivity contribution in [3.8, 4) is 0 Å². The molecule has 0 amide bonds. The maximum Gasteiger partial charge on any atom is 0.0367 e. The highest BCUT2D eigenvalue weighted by molar-refractivity contribution is 5.53. The molecular weight excluding hydrogens is 354 g/mol. The summed E-state index contributed by atoms with van der Waals surface area (Å²) in [6, 6.07) is 8.33. The number of hydrogen-bond donors (Lipinski definition) is 2.